The molecule has 0 radical (unpaired) electrons. The van der Waals surface area contributed by atoms with E-state index in [-0.39, 0.29) is 0 Å². The minimum absolute atomic E-state index is 0.396. The molecule has 148 valence electrons. The molecular weight excluding hydrogens is 350 g/mol. The van der Waals surface area contributed by atoms with Crippen LogP contribution in [-0.2, 0) is 11.3 Å². The van der Waals surface area contributed by atoms with Crippen LogP contribution in [0.5, 0.6) is 0 Å². The quantitative estimate of drug-likeness (QED) is 0.631. The highest BCUT2D eigenvalue weighted by Crippen LogP contribution is 2.27. The van der Waals surface area contributed by atoms with Crippen LogP contribution >= 0.6 is 0 Å². The maximum Gasteiger partial charge on any atom is 0.0954 e. The van der Waals surface area contributed by atoms with Crippen molar-refractivity contribution in [3.8, 4) is 11.3 Å². The third kappa shape index (κ3) is 4.03. The Kier molecular flexibility index (Phi) is 5.88. The third-order valence-corrected chi connectivity index (χ3v) is 5.66. The number of ether oxygens (including phenoxy) is 1. The fourth-order valence-electron chi connectivity index (χ4n) is 3.91. The number of aromatic nitrogens is 4. The summed E-state index contributed by atoms with van der Waals surface area (Å²) in [5, 5.41) is 4.66. The molecule has 1 unspecified atom stereocenters. The molecule has 1 aliphatic heterocycles. The van der Waals surface area contributed by atoms with Gasteiger partial charge in [0.15, 0.2) is 0 Å². The molecule has 1 saturated heterocycles. The van der Waals surface area contributed by atoms with E-state index >= 15 is 0 Å². The second-order valence-electron chi connectivity index (χ2n) is 7.45. The van der Waals surface area contributed by atoms with E-state index in [2.05, 4.69) is 62.3 Å². The number of benzene rings is 1. The van der Waals surface area contributed by atoms with E-state index in [0.29, 0.717) is 6.04 Å². The molecule has 3 heterocycles. The Labute approximate surface area is 166 Å². The molecule has 0 N–H and O–H groups in total. The van der Waals surface area contributed by atoms with Gasteiger partial charge < -0.3 is 9.30 Å². The SMILES string of the molecule is CCC(CN1CCOCC1)n1cncc1-c1cnn(Cc2ccccc2)c1C. The molecule has 3 aromatic rings. The van der Waals surface area contributed by atoms with E-state index in [1.54, 1.807) is 0 Å². The molecule has 0 amide bonds. The largest absolute Gasteiger partial charge is 0.379 e. The van der Waals surface area contributed by atoms with Gasteiger partial charge in [-0.2, -0.15) is 5.10 Å². The molecule has 0 saturated carbocycles. The van der Waals surface area contributed by atoms with E-state index in [4.69, 9.17) is 4.74 Å². The summed E-state index contributed by atoms with van der Waals surface area (Å²) in [6, 6.07) is 10.9. The molecule has 0 spiro atoms. The highest BCUT2D eigenvalue weighted by molar-refractivity contribution is 5.61. The van der Waals surface area contributed by atoms with E-state index in [9.17, 15) is 0 Å². The zero-order chi connectivity index (χ0) is 19.3. The molecular formula is C22H29N5O. The van der Waals surface area contributed by atoms with Crippen molar-refractivity contribution in [1.82, 2.24) is 24.2 Å². The van der Waals surface area contributed by atoms with Gasteiger partial charge in [0, 0.05) is 36.9 Å². The monoisotopic (exact) mass is 379 g/mol. The predicted octanol–water partition coefficient (Wildman–Crippen LogP) is 3.39. The molecule has 6 heteroatoms. The van der Waals surface area contributed by atoms with E-state index in [1.165, 1.54) is 11.3 Å². The van der Waals surface area contributed by atoms with E-state index in [1.807, 2.05) is 24.8 Å². The molecule has 0 aliphatic carbocycles. The van der Waals surface area contributed by atoms with Gasteiger partial charge in [-0.3, -0.25) is 9.58 Å². The number of hydrogen-bond donors (Lipinski definition) is 0. The van der Waals surface area contributed by atoms with Gasteiger partial charge in [-0.25, -0.2) is 4.98 Å². The summed E-state index contributed by atoms with van der Waals surface area (Å²) in [6.45, 7) is 9.89. The number of imidazole rings is 1. The van der Waals surface area contributed by atoms with Crippen LogP contribution in [-0.4, -0.2) is 57.1 Å². The maximum absolute atomic E-state index is 5.49. The van der Waals surface area contributed by atoms with Crippen LogP contribution in [0, 0.1) is 6.92 Å². The number of morpholine rings is 1. The van der Waals surface area contributed by atoms with Crippen molar-refractivity contribution >= 4 is 0 Å². The zero-order valence-electron chi connectivity index (χ0n) is 16.8. The van der Waals surface area contributed by atoms with Gasteiger partial charge >= 0.3 is 0 Å². The third-order valence-electron chi connectivity index (χ3n) is 5.66. The first-order valence-electron chi connectivity index (χ1n) is 10.1. The van der Waals surface area contributed by atoms with Crippen molar-refractivity contribution in [2.45, 2.75) is 32.9 Å². The Hall–Kier alpha value is -2.44. The van der Waals surface area contributed by atoms with Crippen LogP contribution in [0.1, 0.15) is 30.6 Å². The summed E-state index contributed by atoms with van der Waals surface area (Å²) >= 11 is 0. The first-order chi connectivity index (χ1) is 13.8. The van der Waals surface area contributed by atoms with Crippen LogP contribution in [0.15, 0.2) is 49.1 Å². The first-order valence-corrected chi connectivity index (χ1v) is 10.1. The smallest absolute Gasteiger partial charge is 0.0954 e. The van der Waals surface area contributed by atoms with Gasteiger partial charge in [0.1, 0.15) is 0 Å². The minimum Gasteiger partial charge on any atom is -0.379 e. The molecule has 28 heavy (non-hydrogen) atoms. The summed E-state index contributed by atoms with van der Waals surface area (Å²) in [7, 11) is 0. The summed E-state index contributed by atoms with van der Waals surface area (Å²) in [5.41, 5.74) is 4.74. The molecule has 2 aromatic heterocycles. The van der Waals surface area contributed by atoms with Crippen LogP contribution in [0.3, 0.4) is 0 Å². The van der Waals surface area contributed by atoms with Gasteiger partial charge in [0.25, 0.3) is 0 Å². The van der Waals surface area contributed by atoms with Crippen LogP contribution in [0.25, 0.3) is 11.3 Å². The standard InChI is InChI=1S/C22H29N5O/c1-3-20(16-25-9-11-28-12-10-25)26-17-23-14-22(26)21-13-24-27(18(21)2)15-19-7-5-4-6-8-19/h4-8,13-14,17,20H,3,9-12,15-16H2,1-2H3. The Morgan fingerprint density at radius 3 is 2.64 bits per heavy atom. The van der Waals surface area contributed by atoms with Crippen molar-refractivity contribution in [3.63, 3.8) is 0 Å². The topological polar surface area (TPSA) is 48.1 Å². The highest BCUT2D eigenvalue weighted by Gasteiger charge is 2.21. The van der Waals surface area contributed by atoms with E-state index < -0.39 is 0 Å². The lowest BCUT2D eigenvalue weighted by molar-refractivity contribution is 0.0313. The van der Waals surface area contributed by atoms with Gasteiger partial charge in [0.2, 0.25) is 0 Å². The average molecular weight is 380 g/mol. The van der Waals surface area contributed by atoms with Crippen molar-refractivity contribution in [1.29, 1.82) is 0 Å². The zero-order valence-corrected chi connectivity index (χ0v) is 16.8. The highest BCUT2D eigenvalue weighted by atomic mass is 16.5. The molecule has 6 nitrogen and oxygen atoms in total. The Morgan fingerprint density at radius 1 is 1.11 bits per heavy atom. The predicted molar refractivity (Wildman–Crippen MR) is 110 cm³/mol. The number of hydrogen-bond acceptors (Lipinski definition) is 4. The van der Waals surface area contributed by atoms with E-state index in [0.717, 1.165) is 57.1 Å². The van der Waals surface area contributed by atoms with Gasteiger partial charge in [-0.15, -0.1) is 0 Å². The summed E-state index contributed by atoms with van der Waals surface area (Å²) in [5.74, 6) is 0. The van der Waals surface area contributed by atoms with Crippen molar-refractivity contribution in [2.75, 3.05) is 32.8 Å². The average Bonchev–Trinajstić information content (AvgIpc) is 3.35. The molecule has 4 rings (SSSR count). The molecule has 0 bridgehead atoms. The van der Waals surface area contributed by atoms with Gasteiger partial charge in [-0.05, 0) is 18.9 Å². The lowest BCUT2D eigenvalue weighted by Crippen LogP contribution is -2.39. The molecule has 1 aliphatic rings. The summed E-state index contributed by atoms with van der Waals surface area (Å²) in [6.07, 6.45) is 6.99. The Morgan fingerprint density at radius 2 is 1.89 bits per heavy atom. The number of rotatable bonds is 7. The Bertz CT molecular complexity index is 879. The number of nitrogens with zero attached hydrogens (tertiary/aromatic N) is 5. The fourth-order valence-corrected chi connectivity index (χ4v) is 3.91. The second kappa shape index (κ2) is 8.71. The van der Waals surface area contributed by atoms with Crippen molar-refractivity contribution in [3.05, 3.63) is 60.3 Å². The fraction of sp³-hybridized carbons (Fsp3) is 0.455. The summed E-state index contributed by atoms with van der Waals surface area (Å²) in [4.78, 5) is 6.97. The maximum atomic E-state index is 5.49. The van der Waals surface area contributed by atoms with Gasteiger partial charge in [-0.1, -0.05) is 37.3 Å². The minimum atomic E-state index is 0.396. The Balaban J connectivity index is 1.56. The lowest BCUT2D eigenvalue weighted by Gasteiger charge is -2.31. The van der Waals surface area contributed by atoms with Crippen LogP contribution < -0.4 is 0 Å². The van der Waals surface area contributed by atoms with Crippen LogP contribution in [0.4, 0.5) is 0 Å². The first kappa shape index (κ1) is 18.9. The van der Waals surface area contributed by atoms with Crippen molar-refractivity contribution in [2.24, 2.45) is 0 Å². The normalized spacial score (nSPS) is 16.4. The van der Waals surface area contributed by atoms with Crippen LogP contribution in [0.2, 0.25) is 0 Å². The lowest BCUT2D eigenvalue weighted by atomic mass is 10.1. The second-order valence-corrected chi connectivity index (χ2v) is 7.45. The van der Waals surface area contributed by atoms with Gasteiger partial charge in [0.05, 0.1) is 44.2 Å². The van der Waals surface area contributed by atoms with Crippen molar-refractivity contribution < 1.29 is 4.74 Å². The molecule has 1 aromatic carbocycles. The molecule has 1 atom stereocenters. The molecule has 1 fully saturated rings. The summed E-state index contributed by atoms with van der Waals surface area (Å²) < 4.78 is 9.89.